The summed E-state index contributed by atoms with van der Waals surface area (Å²) >= 11 is 0. The molecule has 3 aromatic rings. The zero-order chi connectivity index (χ0) is 22.0. The molecule has 0 aromatic heterocycles. The third-order valence-corrected chi connectivity index (χ3v) is 5.91. The van der Waals surface area contributed by atoms with Crippen molar-refractivity contribution in [2.75, 3.05) is 25.0 Å². The molecule has 2 amide bonds. The van der Waals surface area contributed by atoms with Gasteiger partial charge in [0, 0.05) is 6.54 Å². The molecule has 0 radical (unpaired) electrons. The van der Waals surface area contributed by atoms with Gasteiger partial charge in [0.15, 0.2) is 0 Å². The van der Waals surface area contributed by atoms with Crippen LogP contribution < -0.4 is 10.2 Å². The van der Waals surface area contributed by atoms with Gasteiger partial charge in [-0.05, 0) is 48.9 Å². The molecular weight excluding hydrogens is 393 g/mol. The fraction of sp³-hybridized carbons (Fsp3) is 0.280. The van der Waals surface area contributed by atoms with Gasteiger partial charge in [-0.3, -0.25) is 14.5 Å². The fourth-order valence-electron chi connectivity index (χ4n) is 4.31. The first-order chi connectivity index (χ1) is 15.0. The molecule has 1 aliphatic rings. The van der Waals surface area contributed by atoms with Crippen LogP contribution in [0.4, 0.5) is 10.1 Å². The summed E-state index contributed by atoms with van der Waals surface area (Å²) in [4.78, 5) is 28.8. The predicted octanol–water partition coefficient (Wildman–Crippen LogP) is 3.89. The molecule has 0 spiro atoms. The van der Waals surface area contributed by atoms with Gasteiger partial charge in [-0.1, -0.05) is 54.6 Å². The van der Waals surface area contributed by atoms with Crippen LogP contribution in [0.15, 0.2) is 66.7 Å². The van der Waals surface area contributed by atoms with Gasteiger partial charge in [0.05, 0.1) is 24.3 Å². The van der Waals surface area contributed by atoms with Crippen molar-refractivity contribution in [1.82, 2.24) is 10.2 Å². The predicted molar refractivity (Wildman–Crippen MR) is 120 cm³/mol. The lowest BCUT2D eigenvalue weighted by atomic mass is 10.00. The summed E-state index contributed by atoms with van der Waals surface area (Å²) < 4.78 is 14.1. The number of nitrogens with one attached hydrogen (secondary N) is 1. The quantitative estimate of drug-likeness (QED) is 0.660. The fourth-order valence-corrected chi connectivity index (χ4v) is 4.31. The van der Waals surface area contributed by atoms with Crippen molar-refractivity contribution in [3.8, 4) is 0 Å². The Balaban J connectivity index is 1.40. The Morgan fingerprint density at radius 3 is 2.65 bits per heavy atom. The van der Waals surface area contributed by atoms with Crippen LogP contribution in [-0.2, 0) is 9.59 Å². The van der Waals surface area contributed by atoms with Crippen LogP contribution in [-0.4, -0.2) is 42.9 Å². The van der Waals surface area contributed by atoms with Gasteiger partial charge in [-0.15, -0.1) is 0 Å². The molecule has 31 heavy (non-hydrogen) atoms. The van der Waals surface area contributed by atoms with Crippen LogP contribution >= 0.6 is 0 Å². The molecule has 160 valence electrons. The van der Waals surface area contributed by atoms with Gasteiger partial charge >= 0.3 is 0 Å². The highest BCUT2D eigenvalue weighted by Crippen LogP contribution is 2.27. The maximum absolute atomic E-state index is 14.1. The smallest absolute Gasteiger partial charge is 0.244 e. The number of hydrogen-bond acceptors (Lipinski definition) is 3. The van der Waals surface area contributed by atoms with E-state index in [2.05, 4.69) is 5.32 Å². The summed E-state index contributed by atoms with van der Waals surface area (Å²) in [6.45, 7) is 2.49. The number of nitrogens with zero attached hydrogens (tertiary/aromatic N) is 2. The monoisotopic (exact) mass is 419 g/mol. The first-order valence-electron chi connectivity index (χ1n) is 10.5. The van der Waals surface area contributed by atoms with Crippen molar-refractivity contribution < 1.29 is 14.0 Å². The SMILES string of the molecule is CC(NC(=O)CN(C)C1CCN(c2ccccc2F)C1=O)c1cccc2ccccc12. The van der Waals surface area contributed by atoms with Gasteiger partial charge < -0.3 is 10.2 Å². The van der Waals surface area contributed by atoms with E-state index in [-0.39, 0.29) is 30.1 Å². The van der Waals surface area contributed by atoms with Crippen LogP contribution in [0.5, 0.6) is 0 Å². The number of carbonyl (C=O) groups excluding carboxylic acids is 2. The van der Waals surface area contributed by atoms with Gasteiger partial charge in [0.25, 0.3) is 0 Å². The molecule has 3 aromatic carbocycles. The molecular formula is C25H26FN3O2. The number of para-hydroxylation sites is 1. The van der Waals surface area contributed by atoms with Crippen LogP contribution in [0.1, 0.15) is 24.9 Å². The van der Waals surface area contributed by atoms with Gasteiger partial charge in [-0.2, -0.15) is 0 Å². The number of likely N-dealkylation sites (N-methyl/N-ethyl adjacent to an activating group) is 1. The molecule has 2 unspecified atom stereocenters. The highest BCUT2D eigenvalue weighted by molar-refractivity contribution is 5.99. The van der Waals surface area contributed by atoms with Crippen molar-refractivity contribution in [3.05, 3.63) is 78.1 Å². The second-order valence-corrected chi connectivity index (χ2v) is 8.02. The Kier molecular flexibility index (Phi) is 6.00. The number of fused-ring (bicyclic) bond motifs is 1. The maximum atomic E-state index is 14.1. The van der Waals surface area contributed by atoms with E-state index in [9.17, 15) is 14.0 Å². The molecule has 1 aliphatic heterocycles. The Morgan fingerprint density at radius 2 is 1.84 bits per heavy atom. The Morgan fingerprint density at radius 1 is 1.13 bits per heavy atom. The number of carbonyl (C=O) groups is 2. The van der Waals surface area contributed by atoms with Crippen LogP contribution in [0.2, 0.25) is 0 Å². The Labute approximate surface area is 181 Å². The summed E-state index contributed by atoms with van der Waals surface area (Å²) in [5.41, 5.74) is 1.34. The highest BCUT2D eigenvalue weighted by atomic mass is 19.1. The van der Waals surface area contributed by atoms with Crippen LogP contribution in [0, 0.1) is 5.82 Å². The lowest BCUT2D eigenvalue weighted by Gasteiger charge is -2.24. The molecule has 1 heterocycles. The van der Waals surface area contributed by atoms with Crippen molar-refractivity contribution in [1.29, 1.82) is 0 Å². The maximum Gasteiger partial charge on any atom is 0.244 e. The lowest BCUT2D eigenvalue weighted by Crippen LogP contribution is -2.45. The number of rotatable bonds is 6. The molecule has 0 bridgehead atoms. The number of amides is 2. The van der Waals surface area contributed by atoms with Crippen LogP contribution in [0.25, 0.3) is 10.8 Å². The number of benzene rings is 3. The van der Waals surface area contributed by atoms with E-state index >= 15 is 0 Å². The topological polar surface area (TPSA) is 52.7 Å². The third-order valence-electron chi connectivity index (χ3n) is 5.91. The normalized spacial score (nSPS) is 17.4. The van der Waals surface area contributed by atoms with E-state index in [1.165, 1.54) is 11.0 Å². The molecule has 4 rings (SSSR count). The second-order valence-electron chi connectivity index (χ2n) is 8.02. The lowest BCUT2D eigenvalue weighted by molar-refractivity contribution is -0.125. The van der Waals surface area contributed by atoms with Crippen molar-refractivity contribution in [2.45, 2.75) is 25.4 Å². The van der Waals surface area contributed by atoms with Crippen LogP contribution in [0.3, 0.4) is 0 Å². The second kappa shape index (κ2) is 8.86. The number of hydrogen-bond donors (Lipinski definition) is 1. The molecule has 6 heteroatoms. The zero-order valence-corrected chi connectivity index (χ0v) is 17.7. The van der Waals surface area contributed by atoms with E-state index in [0.717, 1.165) is 16.3 Å². The van der Waals surface area contributed by atoms with E-state index < -0.39 is 11.9 Å². The number of halogens is 1. The van der Waals surface area contributed by atoms with Gasteiger partial charge in [0.1, 0.15) is 5.82 Å². The minimum atomic E-state index is -0.446. The van der Waals surface area contributed by atoms with Gasteiger partial charge in [0.2, 0.25) is 11.8 Å². The standard InChI is InChI=1S/C25H26FN3O2/c1-17(19-11-7-9-18-8-3-4-10-20(18)19)27-24(30)16-28(2)23-14-15-29(25(23)31)22-13-6-5-12-21(22)26/h3-13,17,23H,14-16H2,1-2H3,(H,27,30). The molecule has 1 saturated heterocycles. The van der Waals surface area contributed by atoms with Crippen molar-refractivity contribution >= 4 is 28.3 Å². The third kappa shape index (κ3) is 4.30. The van der Waals surface area contributed by atoms with Crippen molar-refractivity contribution in [3.63, 3.8) is 0 Å². The highest BCUT2D eigenvalue weighted by Gasteiger charge is 2.36. The Hall–Kier alpha value is -3.25. The average Bonchev–Trinajstić information content (AvgIpc) is 3.14. The average molecular weight is 420 g/mol. The minimum Gasteiger partial charge on any atom is -0.348 e. The molecule has 1 N–H and O–H groups in total. The van der Waals surface area contributed by atoms with Gasteiger partial charge in [-0.25, -0.2) is 4.39 Å². The summed E-state index contributed by atoms with van der Waals surface area (Å²) in [5, 5.41) is 5.28. The molecule has 0 aliphatic carbocycles. The first-order valence-corrected chi connectivity index (χ1v) is 10.5. The van der Waals surface area contributed by atoms with E-state index in [0.29, 0.717) is 13.0 Å². The van der Waals surface area contributed by atoms with E-state index in [1.54, 1.807) is 30.1 Å². The zero-order valence-electron chi connectivity index (χ0n) is 17.7. The first kappa shape index (κ1) is 21.0. The summed E-state index contributed by atoms with van der Waals surface area (Å²) in [6, 6.07) is 19.8. The Bertz CT molecular complexity index is 1110. The summed E-state index contributed by atoms with van der Waals surface area (Å²) in [7, 11) is 1.76. The largest absolute Gasteiger partial charge is 0.348 e. The van der Waals surface area contributed by atoms with E-state index in [4.69, 9.17) is 0 Å². The molecule has 2 atom stereocenters. The van der Waals surface area contributed by atoms with E-state index in [1.807, 2.05) is 49.4 Å². The molecule has 5 nitrogen and oxygen atoms in total. The minimum absolute atomic E-state index is 0.0939. The molecule has 1 fully saturated rings. The summed E-state index contributed by atoms with van der Waals surface area (Å²) in [5.74, 6) is -0.747. The number of anilines is 1. The van der Waals surface area contributed by atoms with Crippen molar-refractivity contribution in [2.24, 2.45) is 0 Å². The molecule has 0 saturated carbocycles. The summed E-state index contributed by atoms with van der Waals surface area (Å²) in [6.07, 6.45) is 0.551.